The molecule has 0 bridgehead atoms. The summed E-state index contributed by atoms with van der Waals surface area (Å²) in [6.45, 7) is 5.21. The zero-order chi connectivity index (χ0) is 14.1. The van der Waals surface area contributed by atoms with E-state index in [1.165, 1.54) is 20.7 Å². The van der Waals surface area contributed by atoms with Crippen LogP contribution in [0.3, 0.4) is 0 Å². The molecule has 0 fully saturated rings. The molecule has 1 aromatic carbocycles. The lowest BCUT2D eigenvalue weighted by molar-refractivity contribution is 0.612. The molecule has 3 nitrogen and oxygen atoms in total. The first-order chi connectivity index (χ1) is 9.70. The van der Waals surface area contributed by atoms with Crippen molar-refractivity contribution in [2.24, 2.45) is 7.05 Å². The number of hydrogen-bond donors (Lipinski definition) is 1. The van der Waals surface area contributed by atoms with Crippen LogP contribution in [-0.2, 0) is 7.05 Å². The summed E-state index contributed by atoms with van der Waals surface area (Å²) in [6, 6.07) is 13.0. The van der Waals surface area contributed by atoms with Crippen LogP contribution in [0.25, 0.3) is 10.9 Å². The minimum Gasteiger partial charge on any atom is -0.304 e. The summed E-state index contributed by atoms with van der Waals surface area (Å²) in [4.78, 5) is 2.66. The lowest BCUT2D eigenvalue weighted by Crippen LogP contribution is -2.21. The number of rotatable bonds is 4. The van der Waals surface area contributed by atoms with E-state index in [0.29, 0.717) is 0 Å². The number of nitrogens with zero attached hydrogens (tertiary/aromatic N) is 2. The third-order valence-corrected chi connectivity index (χ3v) is 4.58. The van der Waals surface area contributed by atoms with Crippen LogP contribution in [0.4, 0.5) is 0 Å². The van der Waals surface area contributed by atoms with E-state index in [1.807, 2.05) is 23.1 Å². The summed E-state index contributed by atoms with van der Waals surface area (Å²) in [6.07, 6.45) is 0. The maximum Gasteiger partial charge on any atom is 0.0926 e. The van der Waals surface area contributed by atoms with Crippen molar-refractivity contribution in [2.45, 2.75) is 19.9 Å². The van der Waals surface area contributed by atoms with Gasteiger partial charge in [-0.05, 0) is 31.7 Å². The summed E-state index contributed by atoms with van der Waals surface area (Å²) >= 11 is 1.84. The second-order valence-corrected chi connectivity index (χ2v) is 6.28. The smallest absolute Gasteiger partial charge is 0.0926 e. The van der Waals surface area contributed by atoms with Crippen molar-refractivity contribution in [3.63, 3.8) is 0 Å². The van der Waals surface area contributed by atoms with Crippen molar-refractivity contribution < 1.29 is 0 Å². The first-order valence-corrected chi connectivity index (χ1v) is 7.73. The van der Waals surface area contributed by atoms with Crippen LogP contribution in [0.2, 0.25) is 0 Å². The average Bonchev–Trinajstić information content (AvgIpc) is 3.02. The van der Waals surface area contributed by atoms with Crippen LogP contribution in [0.1, 0.15) is 28.4 Å². The maximum absolute atomic E-state index is 4.76. The Balaban J connectivity index is 2.14. The molecule has 1 atom stereocenters. The second-order valence-electron chi connectivity index (χ2n) is 4.97. The van der Waals surface area contributed by atoms with Gasteiger partial charge >= 0.3 is 0 Å². The van der Waals surface area contributed by atoms with Gasteiger partial charge < -0.3 is 5.32 Å². The minimum atomic E-state index is 0.171. The van der Waals surface area contributed by atoms with E-state index >= 15 is 0 Å². The van der Waals surface area contributed by atoms with Crippen LogP contribution < -0.4 is 5.32 Å². The normalized spacial score (nSPS) is 12.9. The van der Waals surface area contributed by atoms with Gasteiger partial charge in [0.05, 0.1) is 17.3 Å². The predicted molar refractivity (Wildman–Crippen MR) is 85.3 cm³/mol. The van der Waals surface area contributed by atoms with Gasteiger partial charge in [-0.25, -0.2) is 0 Å². The highest BCUT2D eigenvalue weighted by Crippen LogP contribution is 2.31. The third-order valence-electron chi connectivity index (χ3n) is 3.51. The predicted octanol–water partition coefficient (Wildman–Crippen LogP) is 3.64. The van der Waals surface area contributed by atoms with Crippen LogP contribution in [0.5, 0.6) is 0 Å². The number of hydrogen-bond acceptors (Lipinski definition) is 3. The van der Waals surface area contributed by atoms with Gasteiger partial charge in [0.15, 0.2) is 0 Å². The van der Waals surface area contributed by atoms with Crippen molar-refractivity contribution in [2.75, 3.05) is 6.54 Å². The van der Waals surface area contributed by atoms with Gasteiger partial charge in [0.1, 0.15) is 0 Å². The number of benzene rings is 1. The zero-order valence-corrected chi connectivity index (χ0v) is 12.9. The molecule has 0 radical (unpaired) electrons. The number of nitrogens with one attached hydrogen (secondary N) is 1. The van der Waals surface area contributed by atoms with Gasteiger partial charge in [0, 0.05) is 22.2 Å². The van der Waals surface area contributed by atoms with Gasteiger partial charge in [-0.2, -0.15) is 5.10 Å². The van der Waals surface area contributed by atoms with E-state index in [0.717, 1.165) is 12.2 Å². The van der Waals surface area contributed by atoms with Crippen molar-refractivity contribution in [3.05, 3.63) is 51.8 Å². The first kappa shape index (κ1) is 13.3. The fraction of sp³-hybridized carbons (Fsp3) is 0.312. The van der Waals surface area contributed by atoms with Gasteiger partial charge in [0.25, 0.3) is 0 Å². The van der Waals surface area contributed by atoms with Crippen LogP contribution in [-0.4, -0.2) is 16.3 Å². The largest absolute Gasteiger partial charge is 0.304 e. The van der Waals surface area contributed by atoms with E-state index in [2.05, 4.69) is 55.6 Å². The van der Waals surface area contributed by atoms with Crippen molar-refractivity contribution >= 4 is 22.2 Å². The number of thiophene rings is 1. The number of aromatic nitrogens is 2. The van der Waals surface area contributed by atoms with Gasteiger partial charge in [-0.15, -0.1) is 11.3 Å². The minimum absolute atomic E-state index is 0.171. The molecule has 20 heavy (non-hydrogen) atoms. The van der Waals surface area contributed by atoms with E-state index in [4.69, 9.17) is 5.10 Å². The topological polar surface area (TPSA) is 29.9 Å². The first-order valence-electron chi connectivity index (χ1n) is 6.92. The standard InChI is InChI=1S/C16H19N3S/c1-4-17-16(14-10-9-11(2)20-14)15-12-7-5-6-8-13(12)19(3)18-15/h5-10,16-17H,4H2,1-3H3. The van der Waals surface area contributed by atoms with Gasteiger partial charge in [0.2, 0.25) is 0 Å². The Bertz CT molecular complexity index is 726. The molecule has 0 saturated heterocycles. The lowest BCUT2D eigenvalue weighted by Gasteiger charge is -2.14. The monoisotopic (exact) mass is 285 g/mol. The third kappa shape index (κ3) is 2.25. The molecule has 2 aromatic heterocycles. The van der Waals surface area contributed by atoms with Crippen molar-refractivity contribution in [1.82, 2.24) is 15.1 Å². The number of fused-ring (bicyclic) bond motifs is 1. The Morgan fingerprint density at radius 3 is 2.75 bits per heavy atom. The van der Waals surface area contributed by atoms with E-state index in [-0.39, 0.29) is 6.04 Å². The van der Waals surface area contributed by atoms with Crippen molar-refractivity contribution in [1.29, 1.82) is 0 Å². The molecule has 3 rings (SSSR count). The maximum atomic E-state index is 4.76. The Labute approximate surface area is 123 Å². The molecular weight excluding hydrogens is 266 g/mol. The highest BCUT2D eigenvalue weighted by Gasteiger charge is 2.21. The molecule has 2 heterocycles. The molecule has 0 amide bonds. The van der Waals surface area contributed by atoms with Crippen LogP contribution in [0.15, 0.2) is 36.4 Å². The highest BCUT2D eigenvalue weighted by molar-refractivity contribution is 7.12. The van der Waals surface area contributed by atoms with Crippen LogP contribution >= 0.6 is 11.3 Å². The van der Waals surface area contributed by atoms with Gasteiger partial charge in [-0.1, -0.05) is 25.1 Å². The van der Waals surface area contributed by atoms with E-state index < -0.39 is 0 Å². The fourth-order valence-corrected chi connectivity index (χ4v) is 3.56. The van der Waals surface area contributed by atoms with E-state index in [1.54, 1.807) is 0 Å². The SMILES string of the molecule is CCNC(c1ccc(C)s1)c1nn(C)c2ccccc12. The molecule has 3 aromatic rings. The summed E-state index contributed by atoms with van der Waals surface area (Å²) in [5, 5.41) is 9.55. The Morgan fingerprint density at radius 1 is 1.25 bits per heavy atom. The Kier molecular flexibility index (Phi) is 3.59. The molecule has 104 valence electrons. The summed E-state index contributed by atoms with van der Waals surface area (Å²) < 4.78 is 1.97. The Hall–Kier alpha value is -1.65. The molecule has 1 unspecified atom stereocenters. The van der Waals surface area contributed by atoms with Crippen LogP contribution in [0, 0.1) is 6.92 Å². The Morgan fingerprint density at radius 2 is 2.05 bits per heavy atom. The quantitative estimate of drug-likeness (QED) is 0.793. The zero-order valence-electron chi connectivity index (χ0n) is 12.1. The summed E-state index contributed by atoms with van der Waals surface area (Å²) in [7, 11) is 2.01. The van der Waals surface area contributed by atoms with Crippen molar-refractivity contribution in [3.8, 4) is 0 Å². The molecular formula is C16H19N3S. The molecule has 0 spiro atoms. The average molecular weight is 285 g/mol. The second kappa shape index (κ2) is 5.38. The molecule has 0 aliphatic heterocycles. The molecule has 0 aliphatic rings. The molecule has 0 saturated carbocycles. The number of aryl methyl sites for hydroxylation is 2. The van der Waals surface area contributed by atoms with E-state index in [9.17, 15) is 0 Å². The summed E-state index contributed by atoms with van der Waals surface area (Å²) in [5.41, 5.74) is 2.30. The molecule has 1 N–H and O–H groups in total. The molecule has 0 aliphatic carbocycles. The fourth-order valence-electron chi connectivity index (χ4n) is 2.60. The molecule has 4 heteroatoms. The highest BCUT2D eigenvalue weighted by atomic mass is 32.1. The lowest BCUT2D eigenvalue weighted by atomic mass is 10.1. The van der Waals surface area contributed by atoms with Gasteiger partial charge in [-0.3, -0.25) is 4.68 Å². The summed E-state index contributed by atoms with van der Waals surface area (Å²) in [5.74, 6) is 0. The number of para-hydroxylation sites is 1.